The summed E-state index contributed by atoms with van der Waals surface area (Å²) in [7, 11) is 0. The lowest BCUT2D eigenvalue weighted by atomic mass is 9.80. The molecule has 0 unspecified atom stereocenters. The molecule has 2 amide bonds. The Hall–Kier alpha value is -2.14. The average Bonchev–Trinajstić information content (AvgIpc) is 3.24. The van der Waals surface area contributed by atoms with Gasteiger partial charge in [-0.2, -0.15) is 0 Å². The number of likely N-dealkylation sites (tertiary alicyclic amines) is 1. The Kier molecular flexibility index (Phi) is 5.77. The van der Waals surface area contributed by atoms with E-state index in [0.29, 0.717) is 23.9 Å². The fourth-order valence-corrected chi connectivity index (χ4v) is 5.53. The molecular weight excluding hydrogens is 380 g/mol. The van der Waals surface area contributed by atoms with E-state index < -0.39 is 0 Å². The first-order valence-electron chi connectivity index (χ1n) is 10.7. The summed E-state index contributed by atoms with van der Waals surface area (Å²) in [5, 5.41) is 2.04. The maximum absolute atomic E-state index is 13.9. The lowest BCUT2D eigenvalue weighted by Crippen LogP contribution is -2.50. The number of amides is 2. The number of carbonyl (C=O) groups excluding carboxylic acids is 2. The second-order valence-electron chi connectivity index (χ2n) is 8.88. The predicted molar refractivity (Wildman–Crippen MR) is 117 cm³/mol. The molecule has 4 rings (SSSR count). The summed E-state index contributed by atoms with van der Waals surface area (Å²) in [5.41, 5.74) is 1.57. The number of hydrogen-bond donors (Lipinski definition) is 0. The highest BCUT2D eigenvalue weighted by atomic mass is 32.1. The summed E-state index contributed by atoms with van der Waals surface area (Å²) in [5.74, 6) is 0.880. The number of rotatable bonds is 4. The minimum absolute atomic E-state index is 0.0454. The molecule has 154 valence electrons. The molecule has 1 saturated heterocycles. The zero-order chi connectivity index (χ0) is 20.5. The van der Waals surface area contributed by atoms with Crippen molar-refractivity contribution in [3.8, 4) is 0 Å². The number of hydrogen-bond acceptors (Lipinski definition) is 3. The highest BCUT2D eigenvalue weighted by Gasteiger charge is 2.46. The van der Waals surface area contributed by atoms with Crippen LogP contribution in [0.1, 0.15) is 66.4 Å². The highest BCUT2D eigenvalue weighted by Crippen LogP contribution is 2.45. The van der Waals surface area contributed by atoms with Gasteiger partial charge in [-0.3, -0.25) is 9.59 Å². The van der Waals surface area contributed by atoms with Gasteiger partial charge in [0, 0.05) is 30.1 Å². The topological polar surface area (TPSA) is 40.6 Å². The van der Waals surface area contributed by atoms with Crippen LogP contribution in [0.15, 0.2) is 41.8 Å². The quantitative estimate of drug-likeness (QED) is 0.716. The zero-order valence-corrected chi connectivity index (χ0v) is 18.3. The third-order valence-electron chi connectivity index (χ3n) is 6.20. The Labute approximate surface area is 177 Å². The first-order valence-corrected chi connectivity index (χ1v) is 11.6. The van der Waals surface area contributed by atoms with Crippen molar-refractivity contribution in [2.24, 2.45) is 11.8 Å². The van der Waals surface area contributed by atoms with Gasteiger partial charge in [0.1, 0.15) is 0 Å². The van der Waals surface area contributed by atoms with Gasteiger partial charge in [0.25, 0.3) is 5.91 Å². The van der Waals surface area contributed by atoms with Crippen molar-refractivity contribution in [1.29, 1.82) is 0 Å². The van der Waals surface area contributed by atoms with E-state index in [0.717, 1.165) is 36.4 Å². The van der Waals surface area contributed by atoms with Crippen LogP contribution in [0.4, 0.5) is 0 Å². The lowest BCUT2D eigenvalue weighted by molar-refractivity contribution is -0.136. The summed E-state index contributed by atoms with van der Waals surface area (Å²) in [4.78, 5) is 32.4. The molecule has 2 atom stereocenters. The van der Waals surface area contributed by atoms with Crippen LogP contribution in [-0.4, -0.2) is 41.2 Å². The Morgan fingerprint density at radius 3 is 2.52 bits per heavy atom. The average molecular weight is 411 g/mol. The van der Waals surface area contributed by atoms with Gasteiger partial charge in [0.2, 0.25) is 5.91 Å². The second kappa shape index (κ2) is 8.31. The molecular formula is C24H30N2O2S. The molecule has 4 nitrogen and oxygen atoms in total. The van der Waals surface area contributed by atoms with E-state index in [4.69, 9.17) is 0 Å². The number of benzene rings is 1. The van der Waals surface area contributed by atoms with Crippen LogP contribution in [0, 0.1) is 11.8 Å². The fourth-order valence-electron chi connectivity index (χ4n) is 4.66. The third kappa shape index (κ3) is 3.85. The molecule has 2 aromatic rings. The first-order chi connectivity index (χ1) is 14.0. The highest BCUT2D eigenvalue weighted by molar-refractivity contribution is 7.10. The molecule has 0 bridgehead atoms. The van der Waals surface area contributed by atoms with Crippen molar-refractivity contribution in [3.05, 3.63) is 57.8 Å². The Bertz CT molecular complexity index is 869. The molecule has 0 spiro atoms. The Morgan fingerprint density at radius 2 is 1.86 bits per heavy atom. The van der Waals surface area contributed by atoms with Crippen molar-refractivity contribution in [2.75, 3.05) is 19.6 Å². The van der Waals surface area contributed by atoms with Crippen molar-refractivity contribution in [2.45, 2.75) is 45.6 Å². The first kappa shape index (κ1) is 20.1. The summed E-state index contributed by atoms with van der Waals surface area (Å²) in [6.45, 7) is 8.79. The van der Waals surface area contributed by atoms with Crippen LogP contribution < -0.4 is 0 Å². The minimum Gasteiger partial charge on any atom is -0.342 e. The van der Waals surface area contributed by atoms with E-state index >= 15 is 0 Å². The molecule has 2 aliphatic heterocycles. The number of thiophene rings is 1. The molecule has 0 aliphatic carbocycles. The molecule has 3 heterocycles. The largest absolute Gasteiger partial charge is 0.342 e. The summed E-state index contributed by atoms with van der Waals surface area (Å²) in [6, 6.07) is 11.6. The standard InChI is InChI=1S/C24H30N2O2S/c1-16(2)15-26-22(20-9-6-14-29-20)21(18-7-4-5-8-19(18)23(26)27)24(28)25-12-10-17(3)11-13-25/h4-9,14,16-17,21-22H,10-13,15H2,1-3H3/t21-,22-/m1/s1. The smallest absolute Gasteiger partial charge is 0.254 e. The molecule has 0 saturated carbocycles. The molecule has 5 heteroatoms. The van der Waals surface area contributed by atoms with Gasteiger partial charge in [-0.1, -0.05) is 45.0 Å². The van der Waals surface area contributed by atoms with E-state index in [1.165, 1.54) is 0 Å². The SMILES string of the molecule is CC(C)CN1C(=O)c2ccccc2[C@@H](C(=O)N2CCC(C)CC2)[C@H]1c1cccs1. The van der Waals surface area contributed by atoms with Gasteiger partial charge in [0.15, 0.2) is 0 Å². The third-order valence-corrected chi connectivity index (χ3v) is 7.14. The van der Waals surface area contributed by atoms with E-state index in [2.05, 4.69) is 26.8 Å². The second-order valence-corrected chi connectivity index (χ2v) is 9.86. The fraction of sp³-hybridized carbons (Fsp3) is 0.500. The van der Waals surface area contributed by atoms with Crippen molar-refractivity contribution in [3.63, 3.8) is 0 Å². The molecule has 29 heavy (non-hydrogen) atoms. The number of fused-ring (bicyclic) bond motifs is 1. The summed E-state index contributed by atoms with van der Waals surface area (Å²) in [6.07, 6.45) is 2.11. The van der Waals surface area contributed by atoms with E-state index in [1.807, 2.05) is 45.5 Å². The zero-order valence-electron chi connectivity index (χ0n) is 17.5. The van der Waals surface area contributed by atoms with Crippen LogP contribution in [0.2, 0.25) is 0 Å². The van der Waals surface area contributed by atoms with Crippen LogP contribution in [0.25, 0.3) is 0 Å². The van der Waals surface area contributed by atoms with Gasteiger partial charge in [0.05, 0.1) is 12.0 Å². The molecule has 2 aliphatic rings. The normalized spacial score (nSPS) is 22.8. The Morgan fingerprint density at radius 1 is 1.14 bits per heavy atom. The number of carbonyl (C=O) groups is 2. The van der Waals surface area contributed by atoms with Crippen LogP contribution in [-0.2, 0) is 4.79 Å². The minimum atomic E-state index is -0.338. The summed E-state index contributed by atoms with van der Waals surface area (Å²) < 4.78 is 0. The van der Waals surface area contributed by atoms with Gasteiger partial charge >= 0.3 is 0 Å². The monoisotopic (exact) mass is 410 g/mol. The van der Waals surface area contributed by atoms with Gasteiger partial charge < -0.3 is 9.80 Å². The van der Waals surface area contributed by atoms with Crippen LogP contribution in [0.3, 0.4) is 0 Å². The van der Waals surface area contributed by atoms with E-state index in [-0.39, 0.29) is 23.8 Å². The molecule has 0 N–H and O–H groups in total. The molecule has 1 fully saturated rings. The van der Waals surface area contributed by atoms with Gasteiger partial charge in [-0.15, -0.1) is 11.3 Å². The maximum atomic E-state index is 13.9. The van der Waals surface area contributed by atoms with Crippen molar-refractivity contribution >= 4 is 23.2 Å². The maximum Gasteiger partial charge on any atom is 0.254 e. The van der Waals surface area contributed by atoms with Crippen LogP contribution >= 0.6 is 11.3 Å². The Balaban J connectivity index is 1.81. The predicted octanol–water partition coefficient (Wildman–Crippen LogP) is 4.94. The lowest BCUT2D eigenvalue weighted by Gasteiger charge is -2.44. The molecule has 0 radical (unpaired) electrons. The van der Waals surface area contributed by atoms with Gasteiger partial charge in [-0.05, 0) is 47.8 Å². The summed E-state index contributed by atoms with van der Waals surface area (Å²) >= 11 is 1.64. The molecule has 1 aromatic carbocycles. The van der Waals surface area contributed by atoms with Crippen molar-refractivity contribution < 1.29 is 9.59 Å². The van der Waals surface area contributed by atoms with Crippen LogP contribution in [0.5, 0.6) is 0 Å². The number of nitrogens with zero attached hydrogens (tertiary/aromatic N) is 2. The van der Waals surface area contributed by atoms with Crippen molar-refractivity contribution in [1.82, 2.24) is 9.80 Å². The number of piperidine rings is 1. The van der Waals surface area contributed by atoms with E-state index in [9.17, 15) is 9.59 Å². The van der Waals surface area contributed by atoms with Gasteiger partial charge in [-0.25, -0.2) is 0 Å². The van der Waals surface area contributed by atoms with E-state index in [1.54, 1.807) is 11.3 Å². The molecule has 1 aromatic heterocycles.